The van der Waals surface area contributed by atoms with Gasteiger partial charge in [0.15, 0.2) is 5.82 Å². The SMILES string of the molecule is CCn1cc(C(=O)O)c(=O)c2c3cc(N4CCN(c5ccc(F)cc5)CC4)c(Cl)c(F)c3ncc21. The Morgan fingerprint density at radius 3 is 2.40 bits per heavy atom. The molecule has 0 spiro atoms. The first kappa shape index (κ1) is 23.0. The van der Waals surface area contributed by atoms with E-state index in [1.165, 1.54) is 24.5 Å². The average Bonchev–Trinajstić information content (AvgIpc) is 2.86. The maximum atomic E-state index is 15.4. The van der Waals surface area contributed by atoms with Crippen molar-refractivity contribution in [1.82, 2.24) is 9.55 Å². The molecule has 180 valence electrons. The van der Waals surface area contributed by atoms with Crippen LogP contribution in [-0.2, 0) is 6.54 Å². The second-order valence-corrected chi connectivity index (χ2v) is 8.73. The fourth-order valence-corrected chi connectivity index (χ4v) is 4.89. The minimum absolute atomic E-state index is 0.0847. The van der Waals surface area contributed by atoms with Gasteiger partial charge in [-0.25, -0.2) is 13.6 Å². The maximum Gasteiger partial charge on any atom is 0.341 e. The van der Waals surface area contributed by atoms with Crippen molar-refractivity contribution >= 4 is 50.8 Å². The molecular formula is C25H21ClF2N4O3. The molecule has 0 saturated carbocycles. The summed E-state index contributed by atoms with van der Waals surface area (Å²) in [5.41, 5.74) is 0.545. The number of aryl methyl sites for hydroxylation is 1. The largest absolute Gasteiger partial charge is 0.477 e. The van der Waals surface area contributed by atoms with Gasteiger partial charge in [-0.15, -0.1) is 0 Å². The van der Waals surface area contributed by atoms with Crippen LogP contribution in [0.25, 0.3) is 21.8 Å². The van der Waals surface area contributed by atoms with E-state index >= 15 is 4.39 Å². The number of halogens is 3. The summed E-state index contributed by atoms with van der Waals surface area (Å²) in [6.07, 6.45) is 2.65. The number of benzene rings is 2. The zero-order valence-corrected chi connectivity index (χ0v) is 19.5. The molecule has 0 unspecified atom stereocenters. The Bertz CT molecular complexity index is 1530. The van der Waals surface area contributed by atoms with Gasteiger partial charge in [-0.05, 0) is 37.3 Å². The Hall–Kier alpha value is -3.72. The van der Waals surface area contributed by atoms with Crippen LogP contribution >= 0.6 is 11.6 Å². The van der Waals surface area contributed by atoms with Crippen LogP contribution in [0, 0.1) is 11.6 Å². The van der Waals surface area contributed by atoms with Crippen LogP contribution in [0.4, 0.5) is 20.2 Å². The molecule has 7 nitrogen and oxygen atoms in total. The van der Waals surface area contributed by atoms with Gasteiger partial charge in [0.1, 0.15) is 21.9 Å². The van der Waals surface area contributed by atoms with Crippen LogP contribution in [-0.4, -0.2) is 46.8 Å². The number of hydrogen-bond acceptors (Lipinski definition) is 5. The smallest absolute Gasteiger partial charge is 0.341 e. The summed E-state index contributed by atoms with van der Waals surface area (Å²) >= 11 is 6.42. The number of aromatic nitrogens is 2. The van der Waals surface area contributed by atoms with E-state index in [1.807, 2.05) is 11.8 Å². The molecule has 1 fully saturated rings. The van der Waals surface area contributed by atoms with E-state index in [9.17, 15) is 19.1 Å². The van der Waals surface area contributed by atoms with Crippen molar-refractivity contribution in [1.29, 1.82) is 0 Å². The van der Waals surface area contributed by atoms with E-state index in [-0.39, 0.29) is 27.1 Å². The van der Waals surface area contributed by atoms with Crippen molar-refractivity contribution in [2.24, 2.45) is 0 Å². The molecule has 1 N–H and O–H groups in total. The number of aromatic carboxylic acids is 1. The molecule has 2 aromatic carbocycles. The monoisotopic (exact) mass is 498 g/mol. The van der Waals surface area contributed by atoms with Crippen molar-refractivity contribution in [3.8, 4) is 0 Å². The van der Waals surface area contributed by atoms with E-state index in [4.69, 9.17) is 11.6 Å². The molecule has 0 aliphatic carbocycles. The summed E-state index contributed by atoms with van der Waals surface area (Å²) in [6.45, 7) is 4.44. The predicted molar refractivity (Wildman–Crippen MR) is 132 cm³/mol. The van der Waals surface area contributed by atoms with Gasteiger partial charge in [0.05, 0.1) is 22.8 Å². The minimum atomic E-state index is -1.35. The Labute approximate surface area is 203 Å². The Morgan fingerprint density at radius 2 is 1.77 bits per heavy atom. The third kappa shape index (κ3) is 3.85. The lowest BCUT2D eigenvalue weighted by Crippen LogP contribution is -2.46. The summed E-state index contributed by atoms with van der Waals surface area (Å²) in [5.74, 6) is -2.42. The van der Waals surface area contributed by atoms with Crippen LogP contribution in [0.1, 0.15) is 17.3 Å². The second kappa shape index (κ2) is 8.81. The molecule has 0 radical (unpaired) electrons. The number of rotatable bonds is 4. The number of fused-ring (bicyclic) bond motifs is 3. The molecular weight excluding hydrogens is 478 g/mol. The lowest BCUT2D eigenvalue weighted by molar-refractivity contribution is 0.0695. The van der Waals surface area contributed by atoms with Gasteiger partial charge in [-0.2, -0.15) is 0 Å². The fraction of sp³-hybridized carbons (Fsp3) is 0.240. The van der Waals surface area contributed by atoms with Gasteiger partial charge in [0.25, 0.3) is 0 Å². The van der Waals surface area contributed by atoms with Crippen molar-refractivity contribution in [3.63, 3.8) is 0 Å². The zero-order valence-electron chi connectivity index (χ0n) is 18.8. The number of pyridine rings is 2. The normalized spacial score (nSPS) is 14.2. The van der Waals surface area contributed by atoms with E-state index in [2.05, 4.69) is 9.88 Å². The van der Waals surface area contributed by atoms with E-state index in [0.717, 1.165) is 5.69 Å². The van der Waals surface area contributed by atoms with Crippen LogP contribution in [0.5, 0.6) is 0 Å². The molecule has 4 aromatic rings. The summed E-state index contributed by atoms with van der Waals surface area (Å²) in [5, 5.41) is 9.76. The number of anilines is 2. The quantitative estimate of drug-likeness (QED) is 0.417. The fourth-order valence-electron chi connectivity index (χ4n) is 4.62. The molecule has 0 amide bonds. The van der Waals surface area contributed by atoms with Crippen molar-refractivity contribution in [2.75, 3.05) is 36.0 Å². The molecule has 1 aliphatic rings. The standard InChI is InChI=1S/C25H21ClF2N4O3/c1-2-30-13-17(25(34)35)24(33)20-16-11-18(21(26)22(28)23(16)29-12-19(20)30)32-9-7-31(8-10-32)15-5-3-14(27)4-6-15/h3-6,11-13H,2,7-10H2,1H3,(H,34,35). The number of nitrogens with zero attached hydrogens (tertiary/aromatic N) is 4. The van der Waals surface area contributed by atoms with Gasteiger partial charge in [0, 0.05) is 50.0 Å². The lowest BCUT2D eigenvalue weighted by Gasteiger charge is -2.37. The number of hydrogen-bond donors (Lipinski definition) is 1. The van der Waals surface area contributed by atoms with E-state index in [0.29, 0.717) is 43.9 Å². The first-order chi connectivity index (χ1) is 16.8. The van der Waals surface area contributed by atoms with Crippen molar-refractivity contribution < 1.29 is 18.7 Å². The van der Waals surface area contributed by atoms with E-state index in [1.54, 1.807) is 22.8 Å². The highest BCUT2D eigenvalue weighted by atomic mass is 35.5. The summed E-state index contributed by atoms with van der Waals surface area (Å²) in [7, 11) is 0. The molecule has 2 aromatic heterocycles. The number of carbonyl (C=O) groups is 1. The first-order valence-electron chi connectivity index (χ1n) is 11.1. The molecule has 1 aliphatic heterocycles. The van der Waals surface area contributed by atoms with Crippen molar-refractivity contribution in [3.05, 3.63) is 75.2 Å². The molecule has 10 heteroatoms. The highest BCUT2D eigenvalue weighted by molar-refractivity contribution is 6.34. The van der Waals surface area contributed by atoms with Gasteiger partial charge < -0.3 is 19.5 Å². The zero-order chi connectivity index (χ0) is 24.9. The molecule has 5 rings (SSSR count). The topological polar surface area (TPSA) is 78.7 Å². The third-order valence-corrected chi connectivity index (χ3v) is 6.81. The maximum absolute atomic E-state index is 15.4. The molecule has 35 heavy (non-hydrogen) atoms. The Balaban J connectivity index is 1.62. The molecule has 0 atom stereocenters. The second-order valence-electron chi connectivity index (χ2n) is 8.35. The van der Waals surface area contributed by atoms with Crippen LogP contribution in [0.2, 0.25) is 5.02 Å². The van der Waals surface area contributed by atoms with Gasteiger partial charge >= 0.3 is 5.97 Å². The van der Waals surface area contributed by atoms with Gasteiger partial charge in [0.2, 0.25) is 5.43 Å². The van der Waals surface area contributed by atoms with Crippen molar-refractivity contribution in [2.45, 2.75) is 13.5 Å². The molecule has 3 heterocycles. The average molecular weight is 499 g/mol. The first-order valence-corrected chi connectivity index (χ1v) is 11.5. The number of carboxylic acid groups (broad SMARTS) is 1. The lowest BCUT2D eigenvalue weighted by atomic mass is 10.0. The highest BCUT2D eigenvalue weighted by Gasteiger charge is 2.25. The molecule has 1 saturated heterocycles. The van der Waals surface area contributed by atoms with Crippen LogP contribution in [0.15, 0.2) is 47.5 Å². The summed E-state index contributed by atoms with van der Waals surface area (Å²) in [6, 6.07) is 7.86. The van der Waals surface area contributed by atoms with Crippen LogP contribution < -0.4 is 15.2 Å². The number of carboxylic acids is 1. The van der Waals surface area contributed by atoms with Crippen LogP contribution in [0.3, 0.4) is 0 Å². The minimum Gasteiger partial charge on any atom is -0.477 e. The number of piperazine rings is 1. The molecule has 0 bridgehead atoms. The Kier molecular flexibility index (Phi) is 5.80. The van der Waals surface area contributed by atoms with E-state index < -0.39 is 22.8 Å². The Morgan fingerprint density at radius 1 is 1.11 bits per heavy atom. The highest BCUT2D eigenvalue weighted by Crippen LogP contribution is 2.36. The van der Waals surface area contributed by atoms with Gasteiger partial charge in [-0.3, -0.25) is 9.78 Å². The summed E-state index contributed by atoms with van der Waals surface area (Å²) in [4.78, 5) is 33.1. The predicted octanol–water partition coefficient (Wildman–Crippen LogP) is 4.53. The summed E-state index contributed by atoms with van der Waals surface area (Å²) < 4.78 is 30.3. The third-order valence-electron chi connectivity index (χ3n) is 6.45. The van der Waals surface area contributed by atoms with Gasteiger partial charge in [-0.1, -0.05) is 11.6 Å².